The van der Waals surface area contributed by atoms with Crippen molar-refractivity contribution in [2.75, 3.05) is 31.6 Å². The summed E-state index contributed by atoms with van der Waals surface area (Å²) in [5.74, 6) is 1.46. The van der Waals surface area contributed by atoms with E-state index in [0.29, 0.717) is 13.2 Å². The van der Waals surface area contributed by atoms with Crippen LogP contribution in [0.1, 0.15) is 61.0 Å². The zero-order chi connectivity index (χ0) is 25.1. The number of nitrogens with one attached hydrogen (secondary N) is 2. The highest BCUT2D eigenvalue weighted by atomic mass is 16.5. The van der Waals surface area contributed by atoms with Crippen LogP contribution in [0.25, 0.3) is 0 Å². The molecule has 5 rings (SSSR count). The summed E-state index contributed by atoms with van der Waals surface area (Å²) in [6.45, 7) is 3.70. The van der Waals surface area contributed by atoms with E-state index in [4.69, 9.17) is 9.72 Å². The van der Waals surface area contributed by atoms with Crippen LogP contribution in [0.5, 0.6) is 5.75 Å². The number of nitrogens with zero attached hydrogens (tertiary/aromatic N) is 2. The number of rotatable bonds is 9. The number of pyridine rings is 1. The van der Waals surface area contributed by atoms with Crippen LogP contribution in [-0.4, -0.2) is 53.7 Å². The molecular formula is C28H34N4O4. The number of fused-ring (bicyclic) bond motifs is 2. The number of carbonyl (C=O) groups excluding carboxylic acids is 3. The molecule has 1 aromatic carbocycles. The average Bonchev–Trinajstić information content (AvgIpc) is 3.48. The highest BCUT2D eigenvalue weighted by Crippen LogP contribution is 2.30. The van der Waals surface area contributed by atoms with Crippen molar-refractivity contribution in [1.82, 2.24) is 15.2 Å². The predicted octanol–water partition coefficient (Wildman–Crippen LogP) is 2.99. The van der Waals surface area contributed by atoms with Gasteiger partial charge in [-0.2, -0.15) is 0 Å². The van der Waals surface area contributed by atoms with E-state index in [9.17, 15) is 14.4 Å². The van der Waals surface area contributed by atoms with Gasteiger partial charge < -0.3 is 20.3 Å². The number of Topliss-reactive ketones (excluding diaryl/α,β-unsaturated/α-hetero) is 1. The highest BCUT2D eigenvalue weighted by molar-refractivity contribution is 5.87. The van der Waals surface area contributed by atoms with Crippen molar-refractivity contribution in [1.29, 1.82) is 0 Å². The third-order valence-corrected chi connectivity index (χ3v) is 7.39. The Bertz CT molecular complexity index is 1160. The molecule has 1 fully saturated rings. The number of anilines is 1. The van der Waals surface area contributed by atoms with Crippen LogP contribution in [-0.2, 0) is 33.6 Å². The zero-order valence-electron chi connectivity index (χ0n) is 20.8. The largest absolute Gasteiger partial charge is 0.493 e. The second kappa shape index (κ2) is 10.7. The second-order valence-corrected chi connectivity index (χ2v) is 10.1. The molecule has 36 heavy (non-hydrogen) atoms. The highest BCUT2D eigenvalue weighted by Gasteiger charge is 2.33. The average molecular weight is 491 g/mol. The van der Waals surface area contributed by atoms with E-state index in [1.807, 2.05) is 18.2 Å². The molecule has 3 aliphatic heterocycles. The number of carbonyl (C=O) groups is 3. The van der Waals surface area contributed by atoms with E-state index in [1.54, 1.807) is 4.90 Å². The molecule has 2 atom stereocenters. The SMILES string of the molecule is CC(=O)CC(NC(=O)CN1CC[C@H](CCc2ccc3c(n2)NCCC3)C1=O)c1ccc2c(c1)OCC2. The first-order valence-electron chi connectivity index (χ1n) is 13.0. The van der Waals surface area contributed by atoms with Gasteiger partial charge in [-0.3, -0.25) is 14.4 Å². The Morgan fingerprint density at radius 1 is 1.22 bits per heavy atom. The number of ketones is 1. The molecule has 0 saturated carbocycles. The molecule has 8 nitrogen and oxygen atoms in total. The fourth-order valence-electron chi connectivity index (χ4n) is 5.41. The van der Waals surface area contributed by atoms with Crippen molar-refractivity contribution in [2.24, 2.45) is 5.92 Å². The summed E-state index contributed by atoms with van der Waals surface area (Å²) in [6, 6.07) is 9.62. The summed E-state index contributed by atoms with van der Waals surface area (Å²) in [5, 5.41) is 6.34. The molecule has 3 aliphatic rings. The maximum Gasteiger partial charge on any atom is 0.240 e. The fraction of sp³-hybridized carbons (Fsp3) is 0.500. The van der Waals surface area contributed by atoms with Gasteiger partial charge in [-0.15, -0.1) is 0 Å². The number of ether oxygens (including phenoxy) is 1. The molecule has 0 radical (unpaired) electrons. The Morgan fingerprint density at radius 3 is 2.94 bits per heavy atom. The van der Waals surface area contributed by atoms with Gasteiger partial charge in [-0.25, -0.2) is 4.98 Å². The van der Waals surface area contributed by atoms with Gasteiger partial charge in [-0.05, 0) is 67.9 Å². The number of hydrogen-bond acceptors (Lipinski definition) is 6. The lowest BCUT2D eigenvalue weighted by Gasteiger charge is -2.22. The van der Waals surface area contributed by atoms with Crippen LogP contribution in [0.3, 0.4) is 0 Å². The number of aromatic nitrogens is 1. The quantitative estimate of drug-likeness (QED) is 0.561. The molecule has 1 saturated heterocycles. The predicted molar refractivity (Wildman–Crippen MR) is 136 cm³/mol. The molecule has 8 heteroatoms. The number of likely N-dealkylation sites (tertiary alicyclic amines) is 1. The smallest absolute Gasteiger partial charge is 0.240 e. The minimum atomic E-state index is -0.443. The van der Waals surface area contributed by atoms with E-state index in [0.717, 1.165) is 73.5 Å². The maximum absolute atomic E-state index is 13.0. The van der Waals surface area contributed by atoms with Crippen molar-refractivity contribution in [3.05, 3.63) is 52.7 Å². The summed E-state index contributed by atoms with van der Waals surface area (Å²) in [5.41, 5.74) is 4.24. The van der Waals surface area contributed by atoms with Gasteiger partial charge in [0.2, 0.25) is 11.8 Å². The summed E-state index contributed by atoms with van der Waals surface area (Å²) in [6.07, 6.45) is 5.47. The van der Waals surface area contributed by atoms with Crippen LogP contribution in [0, 0.1) is 5.92 Å². The van der Waals surface area contributed by atoms with E-state index >= 15 is 0 Å². The van der Waals surface area contributed by atoms with Crippen LogP contribution in [0.4, 0.5) is 5.82 Å². The number of aryl methyl sites for hydroxylation is 2. The summed E-state index contributed by atoms with van der Waals surface area (Å²) in [4.78, 5) is 44.2. The van der Waals surface area contributed by atoms with Crippen molar-refractivity contribution in [2.45, 2.75) is 57.9 Å². The lowest BCUT2D eigenvalue weighted by atomic mass is 9.99. The molecule has 0 spiro atoms. The topological polar surface area (TPSA) is 101 Å². The molecular weight excluding hydrogens is 456 g/mol. The van der Waals surface area contributed by atoms with Crippen molar-refractivity contribution in [3.8, 4) is 5.75 Å². The first-order chi connectivity index (χ1) is 17.5. The van der Waals surface area contributed by atoms with Crippen molar-refractivity contribution in [3.63, 3.8) is 0 Å². The van der Waals surface area contributed by atoms with Gasteiger partial charge in [0.05, 0.1) is 19.2 Å². The van der Waals surface area contributed by atoms with Gasteiger partial charge >= 0.3 is 0 Å². The standard InChI is InChI=1S/C28H34N4O4/c1-18(33)15-24(22-5-4-19-11-14-36-25(19)16-22)31-26(34)17-32-13-10-21(28(32)35)7-9-23-8-6-20-3-2-12-29-27(20)30-23/h4-6,8,16,21,24H,2-3,7,9-15,17H2,1H3,(H,29,30)(H,31,34)/t21-,24?/m0/s1. The molecule has 4 heterocycles. The molecule has 1 unspecified atom stereocenters. The number of amides is 2. The fourth-order valence-corrected chi connectivity index (χ4v) is 5.41. The summed E-state index contributed by atoms with van der Waals surface area (Å²) in [7, 11) is 0. The molecule has 0 bridgehead atoms. The lowest BCUT2D eigenvalue weighted by Crippen LogP contribution is -2.40. The Labute approximate surface area is 211 Å². The van der Waals surface area contributed by atoms with Gasteiger partial charge in [0.15, 0.2) is 0 Å². The van der Waals surface area contributed by atoms with E-state index in [-0.39, 0.29) is 36.5 Å². The number of hydrogen-bond donors (Lipinski definition) is 2. The zero-order valence-corrected chi connectivity index (χ0v) is 20.8. The molecule has 0 aliphatic carbocycles. The van der Waals surface area contributed by atoms with E-state index in [2.05, 4.69) is 22.8 Å². The van der Waals surface area contributed by atoms with Crippen molar-refractivity contribution < 1.29 is 19.1 Å². The van der Waals surface area contributed by atoms with Gasteiger partial charge in [-0.1, -0.05) is 18.2 Å². The summed E-state index contributed by atoms with van der Waals surface area (Å²) < 4.78 is 5.66. The normalized spacial score (nSPS) is 19.2. The van der Waals surface area contributed by atoms with Crippen LogP contribution >= 0.6 is 0 Å². The first-order valence-corrected chi connectivity index (χ1v) is 13.0. The Kier molecular flexibility index (Phi) is 7.20. The number of benzene rings is 1. The Morgan fingerprint density at radius 2 is 2.08 bits per heavy atom. The first kappa shape index (κ1) is 24.3. The third kappa shape index (κ3) is 5.53. The molecule has 2 N–H and O–H groups in total. The molecule has 2 aromatic rings. The van der Waals surface area contributed by atoms with Crippen LogP contribution in [0.2, 0.25) is 0 Å². The molecule has 190 valence electrons. The van der Waals surface area contributed by atoms with Gasteiger partial charge in [0.1, 0.15) is 17.4 Å². The third-order valence-electron chi connectivity index (χ3n) is 7.39. The maximum atomic E-state index is 13.0. The van der Waals surface area contributed by atoms with Gasteiger partial charge in [0.25, 0.3) is 0 Å². The molecule has 1 aromatic heterocycles. The molecule has 2 amide bonds. The minimum Gasteiger partial charge on any atom is -0.493 e. The van der Waals surface area contributed by atoms with Crippen molar-refractivity contribution >= 4 is 23.4 Å². The minimum absolute atomic E-state index is 0.00614. The Balaban J connectivity index is 1.15. The van der Waals surface area contributed by atoms with Crippen LogP contribution in [0.15, 0.2) is 30.3 Å². The van der Waals surface area contributed by atoms with Gasteiger partial charge in [0, 0.05) is 37.5 Å². The summed E-state index contributed by atoms with van der Waals surface area (Å²) >= 11 is 0. The van der Waals surface area contributed by atoms with Crippen LogP contribution < -0.4 is 15.4 Å². The Hall–Kier alpha value is -3.42. The monoisotopic (exact) mass is 490 g/mol. The van der Waals surface area contributed by atoms with E-state index in [1.165, 1.54) is 12.5 Å². The second-order valence-electron chi connectivity index (χ2n) is 10.1. The lowest BCUT2D eigenvalue weighted by molar-refractivity contribution is -0.135. The van der Waals surface area contributed by atoms with E-state index < -0.39 is 6.04 Å².